The lowest BCUT2D eigenvalue weighted by Crippen LogP contribution is -1.91. The molecule has 0 aromatic carbocycles. The van der Waals surface area contributed by atoms with Gasteiger partial charge in [0.15, 0.2) is 5.69 Å². The molecule has 0 amide bonds. The van der Waals surface area contributed by atoms with Gasteiger partial charge in [-0.1, -0.05) is 0 Å². The van der Waals surface area contributed by atoms with Crippen LogP contribution < -0.4 is 0 Å². The van der Waals surface area contributed by atoms with Crippen LogP contribution in [0.5, 0.6) is 0 Å². The molecule has 2 aromatic heterocycles. The Morgan fingerprint density at radius 2 is 2.33 bits per heavy atom. The normalized spacial score (nSPS) is 11.7. The molecule has 0 unspecified atom stereocenters. The largest absolute Gasteiger partial charge is 0.284 e. The van der Waals surface area contributed by atoms with E-state index >= 15 is 0 Å². The number of nitrogens with zero attached hydrogens (tertiary/aromatic N) is 3. The molecule has 2 aromatic rings. The highest BCUT2D eigenvalue weighted by molar-refractivity contribution is 7.16. The van der Waals surface area contributed by atoms with Gasteiger partial charge < -0.3 is 0 Å². The van der Waals surface area contributed by atoms with Gasteiger partial charge in [-0.25, -0.2) is 13.8 Å². The second kappa shape index (κ2) is 2.48. The Kier molecular flexibility index (Phi) is 1.57. The first kappa shape index (κ1) is 7.60. The Balaban J connectivity index is 2.75. The van der Waals surface area contributed by atoms with Crippen molar-refractivity contribution in [2.75, 3.05) is 0 Å². The minimum absolute atomic E-state index is 0.228. The van der Waals surface area contributed by atoms with E-state index in [1.165, 1.54) is 21.5 Å². The highest BCUT2D eigenvalue weighted by Crippen LogP contribution is 2.27. The monoisotopic (exact) mass is 189 g/mol. The molecule has 0 aliphatic heterocycles. The predicted molar refractivity (Wildman–Crippen MR) is 41.3 cm³/mol. The summed E-state index contributed by atoms with van der Waals surface area (Å²) in [6, 6.07) is 0. The molecule has 0 saturated carbocycles. The molecule has 12 heavy (non-hydrogen) atoms. The third kappa shape index (κ3) is 0.911. The molecule has 6 heteroatoms. The number of aromatic nitrogens is 3. The van der Waals surface area contributed by atoms with Crippen molar-refractivity contribution in [2.45, 2.75) is 6.43 Å². The maximum atomic E-state index is 12.3. The second-order valence-corrected chi connectivity index (χ2v) is 3.15. The zero-order valence-electron chi connectivity index (χ0n) is 6.16. The molecule has 0 N–H and O–H groups in total. The fourth-order valence-corrected chi connectivity index (χ4v) is 1.77. The van der Waals surface area contributed by atoms with E-state index in [2.05, 4.69) is 10.1 Å². The van der Waals surface area contributed by atoms with E-state index in [1.54, 1.807) is 7.05 Å². The van der Waals surface area contributed by atoms with E-state index in [-0.39, 0.29) is 5.69 Å². The van der Waals surface area contributed by atoms with E-state index in [4.69, 9.17) is 0 Å². The van der Waals surface area contributed by atoms with Crippen LogP contribution in [0, 0.1) is 0 Å². The number of alkyl halides is 2. The predicted octanol–water partition coefficient (Wildman–Crippen LogP) is 1.97. The van der Waals surface area contributed by atoms with Crippen LogP contribution in [0.3, 0.4) is 0 Å². The average molecular weight is 189 g/mol. The summed E-state index contributed by atoms with van der Waals surface area (Å²) in [6.07, 6.45) is -2.55. The Bertz CT molecular complexity index is 406. The van der Waals surface area contributed by atoms with Crippen molar-refractivity contribution < 1.29 is 8.78 Å². The standard InChI is InChI=1S/C6H5F2N3S/c1-11-6-4(9-2-12-6)3(10-11)5(7)8/h2,5H,1H3. The lowest BCUT2D eigenvalue weighted by atomic mass is 10.4. The number of hydrogen-bond donors (Lipinski definition) is 0. The minimum Gasteiger partial charge on any atom is -0.256 e. The van der Waals surface area contributed by atoms with Crippen molar-refractivity contribution in [2.24, 2.45) is 7.05 Å². The smallest absolute Gasteiger partial charge is 0.256 e. The zero-order chi connectivity index (χ0) is 8.72. The summed E-state index contributed by atoms with van der Waals surface area (Å²) in [5, 5.41) is 3.66. The summed E-state index contributed by atoms with van der Waals surface area (Å²) < 4.78 is 26.0. The number of hydrogen-bond acceptors (Lipinski definition) is 3. The van der Waals surface area contributed by atoms with Gasteiger partial charge in [-0.3, -0.25) is 4.68 Å². The van der Waals surface area contributed by atoms with E-state index < -0.39 is 6.43 Å². The molecule has 0 fully saturated rings. The van der Waals surface area contributed by atoms with Gasteiger partial charge in [-0.2, -0.15) is 5.10 Å². The van der Waals surface area contributed by atoms with Crippen molar-refractivity contribution in [1.29, 1.82) is 0 Å². The van der Waals surface area contributed by atoms with Gasteiger partial charge in [-0.05, 0) is 0 Å². The van der Waals surface area contributed by atoms with Gasteiger partial charge in [-0.15, -0.1) is 11.3 Å². The van der Waals surface area contributed by atoms with Crippen molar-refractivity contribution in [3.05, 3.63) is 11.2 Å². The summed E-state index contributed by atoms with van der Waals surface area (Å²) in [6.45, 7) is 0. The summed E-state index contributed by atoms with van der Waals surface area (Å²) in [5.74, 6) is 0. The molecule has 0 aliphatic carbocycles. The first-order valence-corrected chi connectivity index (χ1v) is 4.12. The minimum atomic E-state index is -2.55. The Morgan fingerprint density at radius 3 is 3.00 bits per heavy atom. The van der Waals surface area contributed by atoms with Gasteiger partial charge in [0.2, 0.25) is 0 Å². The summed E-state index contributed by atoms with van der Waals surface area (Å²) >= 11 is 1.31. The molecule has 3 nitrogen and oxygen atoms in total. The van der Waals surface area contributed by atoms with Crippen LogP contribution in [-0.2, 0) is 7.05 Å². The Hall–Kier alpha value is -1.04. The third-order valence-corrected chi connectivity index (χ3v) is 2.44. The fourth-order valence-electron chi connectivity index (χ4n) is 1.05. The molecule has 2 rings (SSSR count). The van der Waals surface area contributed by atoms with E-state index in [0.717, 1.165) is 0 Å². The number of fused-ring (bicyclic) bond motifs is 1. The van der Waals surface area contributed by atoms with Crippen LogP contribution in [0.2, 0.25) is 0 Å². The third-order valence-electron chi connectivity index (χ3n) is 1.55. The first-order valence-electron chi connectivity index (χ1n) is 3.24. The van der Waals surface area contributed by atoms with Crippen molar-refractivity contribution in [1.82, 2.24) is 14.8 Å². The summed E-state index contributed by atoms with van der Waals surface area (Å²) in [7, 11) is 1.63. The maximum absolute atomic E-state index is 12.3. The van der Waals surface area contributed by atoms with Crippen molar-refractivity contribution >= 4 is 21.7 Å². The Labute approximate surface area is 70.6 Å². The fraction of sp³-hybridized carbons (Fsp3) is 0.333. The van der Waals surface area contributed by atoms with Gasteiger partial charge in [0.1, 0.15) is 10.3 Å². The molecule has 2 heterocycles. The lowest BCUT2D eigenvalue weighted by molar-refractivity contribution is 0.146. The lowest BCUT2D eigenvalue weighted by Gasteiger charge is -1.89. The second-order valence-electron chi connectivity index (χ2n) is 2.32. The van der Waals surface area contributed by atoms with Crippen molar-refractivity contribution in [3.8, 4) is 0 Å². The number of thiazole rings is 1. The van der Waals surface area contributed by atoms with Crippen LogP contribution >= 0.6 is 11.3 Å². The van der Waals surface area contributed by atoms with Crippen LogP contribution in [0.1, 0.15) is 12.1 Å². The van der Waals surface area contributed by atoms with Crippen LogP contribution in [-0.4, -0.2) is 14.8 Å². The molecule has 0 bridgehead atoms. The molecular weight excluding hydrogens is 184 g/mol. The summed E-state index contributed by atoms with van der Waals surface area (Å²) in [4.78, 5) is 4.50. The van der Waals surface area contributed by atoms with Gasteiger partial charge in [0.05, 0.1) is 5.51 Å². The summed E-state index contributed by atoms with van der Waals surface area (Å²) in [5.41, 5.74) is 1.63. The van der Waals surface area contributed by atoms with Crippen LogP contribution in [0.4, 0.5) is 8.78 Å². The van der Waals surface area contributed by atoms with Gasteiger partial charge in [0, 0.05) is 7.05 Å². The number of rotatable bonds is 1. The maximum Gasteiger partial charge on any atom is 0.284 e. The highest BCUT2D eigenvalue weighted by Gasteiger charge is 2.18. The molecule has 0 radical (unpaired) electrons. The van der Waals surface area contributed by atoms with E-state index in [1.807, 2.05) is 0 Å². The molecule has 64 valence electrons. The quantitative estimate of drug-likeness (QED) is 0.686. The van der Waals surface area contributed by atoms with Crippen LogP contribution in [0.15, 0.2) is 5.51 Å². The topological polar surface area (TPSA) is 30.7 Å². The zero-order valence-corrected chi connectivity index (χ0v) is 6.98. The van der Waals surface area contributed by atoms with E-state index in [0.29, 0.717) is 10.3 Å². The number of halogens is 2. The Morgan fingerprint density at radius 1 is 1.58 bits per heavy atom. The van der Waals surface area contributed by atoms with Crippen LogP contribution in [0.25, 0.3) is 10.3 Å². The molecule has 0 aliphatic rings. The van der Waals surface area contributed by atoms with Gasteiger partial charge in [0.25, 0.3) is 6.43 Å². The van der Waals surface area contributed by atoms with Crippen molar-refractivity contribution in [3.63, 3.8) is 0 Å². The number of aryl methyl sites for hydroxylation is 1. The molecular formula is C6H5F2N3S. The SMILES string of the molecule is Cn1nc(C(F)F)c2ncsc21. The molecule has 0 atom stereocenters. The molecule has 0 saturated heterocycles. The van der Waals surface area contributed by atoms with E-state index in [9.17, 15) is 8.78 Å². The highest BCUT2D eigenvalue weighted by atomic mass is 32.1. The van der Waals surface area contributed by atoms with Gasteiger partial charge >= 0.3 is 0 Å². The molecule has 0 spiro atoms. The average Bonchev–Trinajstić information content (AvgIpc) is 2.53. The first-order chi connectivity index (χ1) is 5.70.